The Balaban J connectivity index is 2.21. The first kappa shape index (κ1) is 9.71. The zero-order valence-corrected chi connectivity index (χ0v) is 7.75. The van der Waals surface area contributed by atoms with Crippen LogP contribution in [0.4, 0.5) is 0 Å². The SMILES string of the molecule is COCCN1CC=C(CN)CC1. The van der Waals surface area contributed by atoms with Gasteiger partial charge >= 0.3 is 0 Å². The zero-order valence-electron chi connectivity index (χ0n) is 7.75. The van der Waals surface area contributed by atoms with E-state index in [1.165, 1.54) is 5.57 Å². The molecule has 0 amide bonds. The van der Waals surface area contributed by atoms with Crippen LogP contribution in [0.2, 0.25) is 0 Å². The summed E-state index contributed by atoms with van der Waals surface area (Å²) in [6.07, 6.45) is 3.36. The van der Waals surface area contributed by atoms with Crippen molar-refractivity contribution in [3.8, 4) is 0 Å². The molecule has 0 bridgehead atoms. The van der Waals surface area contributed by atoms with E-state index in [4.69, 9.17) is 10.5 Å². The van der Waals surface area contributed by atoms with Gasteiger partial charge < -0.3 is 10.5 Å². The second-order valence-electron chi connectivity index (χ2n) is 3.11. The van der Waals surface area contributed by atoms with Crippen LogP contribution in [0.25, 0.3) is 0 Å². The van der Waals surface area contributed by atoms with Crippen LogP contribution >= 0.6 is 0 Å². The van der Waals surface area contributed by atoms with Crippen molar-refractivity contribution >= 4 is 0 Å². The van der Waals surface area contributed by atoms with E-state index < -0.39 is 0 Å². The van der Waals surface area contributed by atoms with Crippen molar-refractivity contribution in [1.82, 2.24) is 4.90 Å². The maximum absolute atomic E-state index is 5.54. The minimum atomic E-state index is 0.720. The van der Waals surface area contributed by atoms with Crippen LogP contribution in [0.3, 0.4) is 0 Å². The molecule has 70 valence electrons. The highest BCUT2D eigenvalue weighted by Gasteiger charge is 2.09. The highest BCUT2D eigenvalue weighted by atomic mass is 16.5. The third-order valence-electron chi connectivity index (χ3n) is 2.26. The maximum Gasteiger partial charge on any atom is 0.0589 e. The molecule has 1 aliphatic heterocycles. The lowest BCUT2D eigenvalue weighted by Crippen LogP contribution is -2.32. The van der Waals surface area contributed by atoms with Crippen LogP contribution in [0.5, 0.6) is 0 Å². The van der Waals surface area contributed by atoms with Gasteiger partial charge in [-0.2, -0.15) is 0 Å². The average Bonchev–Trinajstić information content (AvgIpc) is 2.15. The number of nitrogens with zero attached hydrogens (tertiary/aromatic N) is 1. The number of nitrogens with two attached hydrogens (primary N) is 1. The summed E-state index contributed by atoms with van der Waals surface area (Å²) in [6.45, 7) is 4.75. The summed E-state index contributed by atoms with van der Waals surface area (Å²) >= 11 is 0. The number of hydrogen-bond acceptors (Lipinski definition) is 3. The Hall–Kier alpha value is -0.380. The first-order valence-corrected chi connectivity index (χ1v) is 4.46. The summed E-state index contributed by atoms with van der Waals surface area (Å²) in [4.78, 5) is 2.38. The van der Waals surface area contributed by atoms with Crippen molar-refractivity contribution < 1.29 is 4.74 Å². The lowest BCUT2D eigenvalue weighted by molar-refractivity contribution is 0.152. The van der Waals surface area contributed by atoms with Crippen molar-refractivity contribution in [3.05, 3.63) is 11.6 Å². The molecule has 0 aliphatic carbocycles. The summed E-state index contributed by atoms with van der Waals surface area (Å²) in [5, 5.41) is 0. The van der Waals surface area contributed by atoms with E-state index >= 15 is 0 Å². The molecular weight excluding hydrogens is 152 g/mol. The number of methoxy groups -OCH3 is 1. The number of ether oxygens (including phenoxy) is 1. The highest BCUT2D eigenvalue weighted by molar-refractivity contribution is 5.08. The number of rotatable bonds is 4. The molecular formula is C9H18N2O. The Morgan fingerprint density at radius 1 is 1.67 bits per heavy atom. The lowest BCUT2D eigenvalue weighted by atomic mass is 10.1. The van der Waals surface area contributed by atoms with Gasteiger partial charge in [0.1, 0.15) is 0 Å². The van der Waals surface area contributed by atoms with E-state index in [0.29, 0.717) is 0 Å². The van der Waals surface area contributed by atoms with E-state index in [1.54, 1.807) is 7.11 Å². The van der Waals surface area contributed by atoms with Crippen molar-refractivity contribution in [2.75, 3.05) is 39.9 Å². The molecule has 12 heavy (non-hydrogen) atoms. The topological polar surface area (TPSA) is 38.5 Å². The molecule has 1 aliphatic rings. The first-order chi connectivity index (χ1) is 5.86. The van der Waals surface area contributed by atoms with Gasteiger partial charge in [0.2, 0.25) is 0 Å². The fourth-order valence-electron chi connectivity index (χ4n) is 1.36. The zero-order chi connectivity index (χ0) is 8.81. The van der Waals surface area contributed by atoms with Crippen molar-refractivity contribution in [2.24, 2.45) is 5.73 Å². The van der Waals surface area contributed by atoms with E-state index in [1.807, 2.05) is 0 Å². The van der Waals surface area contributed by atoms with Crippen LogP contribution in [0, 0.1) is 0 Å². The van der Waals surface area contributed by atoms with Gasteiger partial charge in [-0.15, -0.1) is 0 Å². The minimum absolute atomic E-state index is 0.720. The second kappa shape index (κ2) is 5.30. The van der Waals surface area contributed by atoms with Gasteiger partial charge in [-0.3, -0.25) is 4.90 Å². The van der Waals surface area contributed by atoms with Gasteiger partial charge in [-0.05, 0) is 6.42 Å². The molecule has 0 unspecified atom stereocenters. The molecule has 0 atom stereocenters. The average molecular weight is 170 g/mol. The molecule has 0 radical (unpaired) electrons. The van der Waals surface area contributed by atoms with Gasteiger partial charge in [0, 0.05) is 33.3 Å². The Morgan fingerprint density at radius 3 is 3.00 bits per heavy atom. The standard InChI is InChI=1S/C9H18N2O/c1-12-7-6-11-4-2-9(8-10)3-5-11/h2H,3-8,10H2,1H3. The monoisotopic (exact) mass is 170 g/mol. The summed E-state index contributed by atoms with van der Waals surface area (Å²) in [5.41, 5.74) is 6.93. The third kappa shape index (κ3) is 2.93. The Kier molecular flexibility index (Phi) is 4.29. The quantitative estimate of drug-likeness (QED) is 0.614. The Morgan fingerprint density at radius 2 is 2.50 bits per heavy atom. The van der Waals surface area contributed by atoms with Gasteiger partial charge in [-0.1, -0.05) is 11.6 Å². The third-order valence-corrected chi connectivity index (χ3v) is 2.26. The molecule has 1 heterocycles. The molecule has 0 aromatic carbocycles. The smallest absolute Gasteiger partial charge is 0.0589 e. The molecule has 0 saturated carbocycles. The van der Waals surface area contributed by atoms with Crippen molar-refractivity contribution in [1.29, 1.82) is 0 Å². The Labute approximate surface area is 74.2 Å². The number of hydrogen-bond donors (Lipinski definition) is 1. The molecule has 2 N–H and O–H groups in total. The predicted octanol–water partition coefficient (Wildman–Crippen LogP) is 0.224. The van der Waals surface area contributed by atoms with E-state index in [9.17, 15) is 0 Å². The van der Waals surface area contributed by atoms with Gasteiger partial charge in [0.05, 0.1) is 6.61 Å². The van der Waals surface area contributed by atoms with Gasteiger partial charge in [0.25, 0.3) is 0 Å². The molecule has 0 saturated heterocycles. The maximum atomic E-state index is 5.54. The summed E-state index contributed by atoms with van der Waals surface area (Å²) in [6, 6.07) is 0. The molecule has 0 spiro atoms. The second-order valence-corrected chi connectivity index (χ2v) is 3.11. The van der Waals surface area contributed by atoms with E-state index in [-0.39, 0.29) is 0 Å². The van der Waals surface area contributed by atoms with E-state index in [0.717, 1.165) is 39.2 Å². The van der Waals surface area contributed by atoms with Crippen LogP contribution < -0.4 is 5.73 Å². The summed E-state index contributed by atoms with van der Waals surface area (Å²) in [5.74, 6) is 0. The Bertz CT molecular complexity index is 157. The largest absolute Gasteiger partial charge is 0.383 e. The van der Waals surface area contributed by atoms with Crippen LogP contribution in [-0.4, -0.2) is 44.8 Å². The van der Waals surface area contributed by atoms with Crippen molar-refractivity contribution in [3.63, 3.8) is 0 Å². The fraction of sp³-hybridized carbons (Fsp3) is 0.778. The first-order valence-electron chi connectivity index (χ1n) is 4.46. The normalized spacial score (nSPS) is 19.3. The fourth-order valence-corrected chi connectivity index (χ4v) is 1.36. The summed E-state index contributed by atoms with van der Waals surface area (Å²) in [7, 11) is 1.74. The summed E-state index contributed by atoms with van der Waals surface area (Å²) < 4.78 is 5.01. The van der Waals surface area contributed by atoms with Crippen molar-refractivity contribution in [2.45, 2.75) is 6.42 Å². The molecule has 3 nitrogen and oxygen atoms in total. The van der Waals surface area contributed by atoms with Gasteiger partial charge in [0.15, 0.2) is 0 Å². The molecule has 1 rings (SSSR count). The predicted molar refractivity (Wildman–Crippen MR) is 50.1 cm³/mol. The van der Waals surface area contributed by atoms with Gasteiger partial charge in [-0.25, -0.2) is 0 Å². The highest BCUT2D eigenvalue weighted by Crippen LogP contribution is 2.08. The van der Waals surface area contributed by atoms with Crippen LogP contribution in [0.1, 0.15) is 6.42 Å². The molecule has 0 aromatic heterocycles. The van der Waals surface area contributed by atoms with Crippen LogP contribution in [-0.2, 0) is 4.74 Å². The lowest BCUT2D eigenvalue weighted by Gasteiger charge is -2.25. The van der Waals surface area contributed by atoms with E-state index in [2.05, 4.69) is 11.0 Å². The minimum Gasteiger partial charge on any atom is -0.383 e. The van der Waals surface area contributed by atoms with Crippen LogP contribution in [0.15, 0.2) is 11.6 Å². The molecule has 0 aromatic rings. The molecule has 3 heteroatoms. The molecule has 0 fully saturated rings.